The predicted molar refractivity (Wildman–Crippen MR) is 92.5 cm³/mol. The minimum Gasteiger partial charge on any atom is -0.339 e. The van der Waals surface area contributed by atoms with Gasteiger partial charge in [-0.05, 0) is 57.2 Å². The van der Waals surface area contributed by atoms with Gasteiger partial charge in [-0.2, -0.15) is 0 Å². The van der Waals surface area contributed by atoms with Crippen molar-refractivity contribution >= 4 is 18.3 Å². The fourth-order valence-corrected chi connectivity index (χ4v) is 3.80. The summed E-state index contributed by atoms with van der Waals surface area (Å²) >= 11 is 0. The van der Waals surface area contributed by atoms with E-state index in [1.54, 1.807) is 0 Å². The zero-order valence-electron chi connectivity index (χ0n) is 13.4. The van der Waals surface area contributed by atoms with Crippen LogP contribution in [0.15, 0.2) is 24.3 Å². The lowest BCUT2D eigenvalue weighted by atomic mass is 9.88. The molecule has 1 atom stereocenters. The van der Waals surface area contributed by atoms with E-state index in [-0.39, 0.29) is 12.4 Å². The van der Waals surface area contributed by atoms with Gasteiger partial charge in [-0.1, -0.05) is 29.8 Å². The van der Waals surface area contributed by atoms with Gasteiger partial charge in [0.2, 0.25) is 5.91 Å². The summed E-state index contributed by atoms with van der Waals surface area (Å²) in [5.41, 5.74) is 2.39. The first-order chi connectivity index (χ1) is 10.2. The van der Waals surface area contributed by atoms with Crippen molar-refractivity contribution in [3.8, 4) is 0 Å². The molecule has 1 aromatic rings. The maximum Gasteiger partial charge on any atom is 0.227 e. The zero-order valence-corrected chi connectivity index (χ0v) is 14.2. The van der Waals surface area contributed by atoms with Gasteiger partial charge in [0, 0.05) is 12.6 Å². The molecule has 3 nitrogen and oxygen atoms in total. The Bertz CT molecular complexity index is 482. The number of nitrogens with zero attached hydrogens (tertiary/aromatic N) is 1. The van der Waals surface area contributed by atoms with Gasteiger partial charge >= 0.3 is 0 Å². The number of halogens is 1. The zero-order chi connectivity index (χ0) is 14.7. The van der Waals surface area contributed by atoms with E-state index >= 15 is 0 Å². The Morgan fingerprint density at radius 2 is 1.86 bits per heavy atom. The molecule has 122 valence electrons. The number of aryl methyl sites for hydroxylation is 1. The fourth-order valence-electron chi connectivity index (χ4n) is 3.80. The molecule has 0 radical (unpaired) electrons. The summed E-state index contributed by atoms with van der Waals surface area (Å²) in [6.07, 6.45) is 5.37. The number of piperidine rings is 1. The first-order valence-corrected chi connectivity index (χ1v) is 8.30. The molecule has 4 heteroatoms. The van der Waals surface area contributed by atoms with Crippen LogP contribution in [-0.4, -0.2) is 36.5 Å². The van der Waals surface area contributed by atoms with Crippen LogP contribution in [0.2, 0.25) is 0 Å². The molecule has 0 spiro atoms. The molecule has 0 aromatic heterocycles. The first-order valence-electron chi connectivity index (χ1n) is 8.30. The summed E-state index contributed by atoms with van der Waals surface area (Å²) in [6.45, 7) is 5.26. The number of amides is 1. The second kappa shape index (κ2) is 7.98. The van der Waals surface area contributed by atoms with E-state index in [0.717, 1.165) is 25.2 Å². The van der Waals surface area contributed by atoms with Crippen LogP contribution >= 0.6 is 12.4 Å². The fraction of sp³-hybridized carbons (Fsp3) is 0.611. The van der Waals surface area contributed by atoms with Crippen molar-refractivity contribution in [1.82, 2.24) is 10.2 Å². The molecule has 1 amide bonds. The standard InChI is InChI=1S/C18H26N2O.ClH/c1-14-4-6-15(7-5-14)13-18(21)20-12-2-3-17(20)16-8-10-19-11-9-16;/h4-7,16-17,19H,2-3,8-13H2,1H3;1H. The van der Waals surface area contributed by atoms with Gasteiger partial charge in [0.1, 0.15) is 0 Å². The molecule has 2 aliphatic heterocycles. The van der Waals surface area contributed by atoms with Crippen LogP contribution in [0.1, 0.15) is 36.8 Å². The SMILES string of the molecule is Cc1ccc(CC(=O)N2CCCC2C2CCNCC2)cc1.Cl. The smallest absolute Gasteiger partial charge is 0.227 e. The van der Waals surface area contributed by atoms with Crippen molar-refractivity contribution in [2.45, 2.75) is 45.1 Å². The number of hydrogen-bond donors (Lipinski definition) is 1. The lowest BCUT2D eigenvalue weighted by Crippen LogP contribution is -2.44. The van der Waals surface area contributed by atoms with Crippen LogP contribution in [-0.2, 0) is 11.2 Å². The van der Waals surface area contributed by atoms with Crippen molar-refractivity contribution < 1.29 is 4.79 Å². The van der Waals surface area contributed by atoms with E-state index in [9.17, 15) is 4.79 Å². The van der Waals surface area contributed by atoms with Gasteiger partial charge in [0.25, 0.3) is 0 Å². The lowest BCUT2D eigenvalue weighted by Gasteiger charge is -2.34. The first kappa shape index (κ1) is 17.3. The Morgan fingerprint density at radius 1 is 1.18 bits per heavy atom. The third-order valence-electron chi connectivity index (χ3n) is 5.02. The summed E-state index contributed by atoms with van der Waals surface area (Å²) in [4.78, 5) is 14.8. The Hall–Kier alpha value is -1.06. The number of rotatable bonds is 3. The average Bonchev–Trinajstić information content (AvgIpc) is 3.00. The second-order valence-electron chi connectivity index (χ2n) is 6.55. The number of hydrogen-bond acceptors (Lipinski definition) is 2. The second-order valence-corrected chi connectivity index (χ2v) is 6.55. The van der Waals surface area contributed by atoms with E-state index in [2.05, 4.69) is 41.4 Å². The normalized spacial score (nSPS) is 22.4. The third kappa shape index (κ3) is 4.02. The van der Waals surface area contributed by atoms with Gasteiger partial charge in [-0.15, -0.1) is 12.4 Å². The lowest BCUT2D eigenvalue weighted by molar-refractivity contribution is -0.132. The molecular weight excluding hydrogens is 296 g/mol. The minimum atomic E-state index is 0. The van der Waals surface area contributed by atoms with Gasteiger partial charge < -0.3 is 10.2 Å². The molecule has 22 heavy (non-hydrogen) atoms. The van der Waals surface area contributed by atoms with E-state index in [0.29, 0.717) is 24.3 Å². The van der Waals surface area contributed by atoms with Gasteiger partial charge in [-0.3, -0.25) is 4.79 Å². The third-order valence-corrected chi connectivity index (χ3v) is 5.02. The minimum absolute atomic E-state index is 0. The molecule has 1 N–H and O–H groups in total. The summed E-state index contributed by atoms with van der Waals surface area (Å²) in [5.74, 6) is 1.02. The monoisotopic (exact) mass is 322 g/mol. The molecule has 0 bridgehead atoms. The Morgan fingerprint density at radius 3 is 2.55 bits per heavy atom. The van der Waals surface area contributed by atoms with Crippen molar-refractivity contribution in [3.63, 3.8) is 0 Å². The average molecular weight is 323 g/mol. The Kier molecular flexibility index (Phi) is 6.27. The largest absolute Gasteiger partial charge is 0.339 e. The molecule has 1 aromatic carbocycles. The maximum atomic E-state index is 12.7. The van der Waals surface area contributed by atoms with Crippen molar-refractivity contribution in [2.75, 3.05) is 19.6 Å². The molecule has 2 fully saturated rings. The molecule has 2 heterocycles. The number of carbonyl (C=O) groups is 1. The quantitative estimate of drug-likeness (QED) is 0.928. The van der Waals surface area contributed by atoms with Crippen LogP contribution in [0, 0.1) is 12.8 Å². The van der Waals surface area contributed by atoms with E-state index < -0.39 is 0 Å². The van der Waals surface area contributed by atoms with Crippen molar-refractivity contribution in [1.29, 1.82) is 0 Å². The summed E-state index contributed by atoms with van der Waals surface area (Å²) in [7, 11) is 0. The molecule has 2 saturated heterocycles. The summed E-state index contributed by atoms with van der Waals surface area (Å²) < 4.78 is 0. The van der Waals surface area contributed by atoms with E-state index in [1.165, 1.54) is 31.2 Å². The number of nitrogens with one attached hydrogen (secondary N) is 1. The van der Waals surface area contributed by atoms with Crippen LogP contribution in [0.25, 0.3) is 0 Å². The van der Waals surface area contributed by atoms with E-state index in [1.807, 2.05) is 0 Å². The molecule has 1 unspecified atom stereocenters. The van der Waals surface area contributed by atoms with Crippen molar-refractivity contribution in [2.24, 2.45) is 5.92 Å². The number of carbonyl (C=O) groups excluding carboxylic acids is 1. The van der Waals surface area contributed by atoms with Crippen LogP contribution in [0.3, 0.4) is 0 Å². The molecule has 3 rings (SSSR count). The topological polar surface area (TPSA) is 32.3 Å². The highest BCUT2D eigenvalue weighted by atomic mass is 35.5. The summed E-state index contributed by atoms with van der Waals surface area (Å²) in [5, 5.41) is 3.42. The van der Waals surface area contributed by atoms with Gasteiger partial charge in [-0.25, -0.2) is 0 Å². The highest BCUT2D eigenvalue weighted by molar-refractivity contribution is 5.85. The maximum absolute atomic E-state index is 12.7. The highest BCUT2D eigenvalue weighted by Crippen LogP contribution is 2.30. The molecular formula is C18H27ClN2O. The van der Waals surface area contributed by atoms with Crippen LogP contribution in [0.4, 0.5) is 0 Å². The Labute approximate surface area is 139 Å². The number of likely N-dealkylation sites (tertiary alicyclic amines) is 1. The molecule has 0 aliphatic carbocycles. The van der Waals surface area contributed by atoms with Gasteiger partial charge in [0.15, 0.2) is 0 Å². The van der Waals surface area contributed by atoms with Crippen LogP contribution in [0.5, 0.6) is 0 Å². The highest BCUT2D eigenvalue weighted by Gasteiger charge is 2.34. The van der Waals surface area contributed by atoms with E-state index in [4.69, 9.17) is 0 Å². The van der Waals surface area contributed by atoms with Crippen molar-refractivity contribution in [3.05, 3.63) is 35.4 Å². The Balaban J connectivity index is 0.00000176. The predicted octanol–water partition coefficient (Wildman–Crippen LogP) is 2.95. The molecule has 0 saturated carbocycles. The number of benzene rings is 1. The van der Waals surface area contributed by atoms with Gasteiger partial charge in [0.05, 0.1) is 6.42 Å². The molecule has 2 aliphatic rings. The summed E-state index contributed by atoms with van der Waals surface area (Å²) in [6, 6.07) is 8.85. The van der Waals surface area contributed by atoms with Crippen LogP contribution < -0.4 is 5.32 Å².